The molecule has 3 rings (SSSR count). The third-order valence-electron chi connectivity index (χ3n) is 5.39. The van der Waals surface area contributed by atoms with Crippen molar-refractivity contribution < 1.29 is 4.79 Å². The minimum Gasteiger partial charge on any atom is -0.351 e. The van der Waals surface area contributed by atoms with Gasteiger partial charge in [0.25, 0.3) is 0 Å². The summed E-state index contributed by atoms with van der Waals surface area (Å²) < 4.78 is 2.03. The van der Waals surface area contributed by atoms with Gasteiger partial charge in [-0.2, -0.15) is 5.10 Å². The Morgan fingerprint density at radius 3 is 2.54 bits per heavy atom. The SMILES string of the molecule is Cc1nn(Cc2ccccc2)c(C)c1CNC(=O)C1(C)CCCC1. The Morgan fingerprint density at radius 1 is 1.21 bits per heavy atom. The fraction of sp³-hybridized carbons (Fsp3) is 0.500. The van der Waals surface area contributed by atoms with Crippen LogP contribution < -0.4 is 5.32 Å². The van der Waals surface area contributed by atoms with Gasteiger partial charge in [-0.1, -0.05) is 50.1 Å². The first kappa shape index (κ1) is 16.7. The van der Waals surface area contributed by atoms with Crippen LogP contribution in [-0.4, -0.2) is 15.7 Å². The van der Waals surface area contributed by atoms with Gasteiger partial charge < -0.3 is 5.32 Å². The van der Waals surface area contributed by atoms with E-state index in [1.807, 2.05) is 29.8 Å². The molecule has 1 heterocycles. The lowest BCUT2D eigenvalue weighted by Crippen LogP contribution is -2.36. The second-order valence-electron chi connectivity index (χ2n) is 7.24. The minimum absolute atomic E-state index is 0.179. The van der Waals surface area contributed by atoms with Gasteiger partial charge in [-0.25, -0.2) is 0 Å². The van der Waals surface area contributed by atoms with E-state index in [9.17, 15) is 4.79 Å². The number of amides is 1. The number of aryl methyl sites for hydroxylation is 1. The molecule has 0 bridgehead atoms. The van der Waals surface area contributed by atoms with Crippen molar-refractivity contribution in [3.63, 3.8) is 0 Å². The Hall–Kier alpha value is -2.10. The molecule has 1 N–H and O–H groups in total. The number of nitrogens with zero attached hydrogens (tertiary/aromatic N) is 2. The average molecular weight is 325 g/mol. The fourth-order valence-corrected chi connectivity index (χ4v) is 3.66. The van der Waals surface area contributed by atoms with E-state index in [1.165, 1.54) is 5.56 Å². The van der Waals surface area contributed by atoms with Crippen LogP contribution in [0.4, 0.5) is 0 Å². The zero-order chi connectivity index (χ0) is 17.2. The highest BCUT2D eigenvalue weighted by Gasteiger charge is 2.36. The highest BCUT2D eigenvalue weighted by Crippen LogP contribution is 2.37. The van der Waals surface area contributed by atoms with Crippen LogP contribution in [0.1, 0.15) is 55.1 Å². The number of aromatic nitrogens is 2. The maximum atomic E-state index is 12.5. The van der Waals surface area contributed by atoms with Crippen molar-refractivity contribution in [2.24, 2.45) is 5.41 Å². The van der Waals surface area contributed by atoms with Crippen LogP contribution >= 0.6 is 0 Å². The Kier molecular flexibility index (Phi) is 4.74. The lowest BCUT2D eigenvalue weighted by atomic mass is 9.88. The van der Waals surface area contributed by atoms with Gasteiger partial charge in [0.05, 0.1) is 12.2 Å². The van der Waals surface area contributed by atoms with Crippen LogP contribution in [0, 0.1) is 19.3 Å². The molecule has 1 aromatic carbocycles. The zero-order valence-corrected chi connectivity index (χ0v) is 14.9. The molecule has 2 aromatic rings. The van der Waals surface area contributed by atoms with Crippen LogP contribution in [0.15, 0.2) is 30.3 Å². The van der Waals surface area contributed by atoms with Crippen LogP contribution in [0.2, 0.25) is 0 Å². The number of benzene rings is 1. The molecule has 1 aromatic heterocycles. The van der Waals surface area contributed by atoms with E-state index in [0.717, 1.165) is 49.2 Å². The molecule has 0 atom stereocenters. The molecule has 4 nitrogen and oxygen atoms in total. The van der Waals surface area contributed by atoms with E-state index in [0.29, 0.717) is 6.54 Å². The Bertz CT molecular complexity index is 712. The van der Waals surface area contributed by atoms with E-state index in [1.54, 1.807) is 0 Å². The van der Waals surface area contributed by atoms with Crippen LogP contribution in [0.5, 0.6) is 0 Å². The summed E-state index contributed by atoms with van der Waals surface area (Å²) in [6.07, 6.45) is 4.34. The van der Waals surface area contributed by atoms with Gasteiger partial charge in [-0.3, -0.25) is 9.48 Å². The lowest BCUT2D eigenvalue weighted by Gasteiger charge is -2.22. The van der Waals surface area contributed by atoms with E-state index < -0.39 is 0 Å². The third kappa shape index (κ3) is 3.37. The van der Waals surface area contributed by atoms with E-state index >= 15 is 0 Å². The molecular weight excluding hydrogens is 298 g/mol. The molecule has 1 aliphatic rings. The van der Waals surface area contributed by atoms with E-state index in [2.05, 4.69) is 36.4 Å². The van der Waals surface area contributed by atoms with Gasteiger partial charge in [-0.15, -0.1) is 0 Å². The van der Waals surface area contributed by atoms with Gasteiger partial charge in [0.15, 0.2) is 0 Å². The van der Waals surface area contributed by atoms with Gasteiger partial charge in [-0.05, 0) is 32.3 Å². The van der Waals surface area contributed by atoms with Crippen molar-refractivity contribution in [3.05, 3.63) is 52.8 Å². The van der Waals surface area contributed by atoms with Crippen LogP contribution in [0.25, 0.3) is 0 Å². The summed E-state index contributed by atoms with van der Waals surface area (Å²) in [5.74, 6) is 0.189. The van der Waals surface area contributed by atoms with Crippen LogP contribution in [0.3, 0.4) is 0 Å². The summed E-state index contributed by atoms with van der Waals surface area (Å²) in [7, 11) is 0. The van der Waals surface area contributed by atoms with Crippen molar-refractivity contribution in [2.75, 3.05) is 0 Å². The van der Waals surface area contributed by atoms with Crippen molar-refractivity contribution in [1.29, 1.82) is 0 Å². The lowest BCUT2D eigenvalue weighted by molar-refractivity contribution is -0.130. The maximum absolute atomic E-state index is 12.5. The number of carbonyl (C=O) groups excluding carboxylic acids is 1. The molecule has 0 aliphatic heterocycles. The highest BCUT2D eigenvalue weighted by atomic mass is 16.2. The molecule has 0 unspecified atom stereocenters. The highest BCUT2D eigenvalue weighted by molar-refractivity contribution is 5.82. The summed E-state index contributed by atoms with van der Waals surface area (Å²) in [5.41, 5.74) is 4.33. The molecule has 1 aliphatic carbocycles. The standard InChI is InChI=1S/C20H27N3O/c1-15-18(13-21-19(24)20(3)11-7-8-12-20)16(2)23(22-15)14-17-9-5-4-6-10-17/h4-6,9-10H,7-8,11-14H2,1-3H3,(H,21,24). The summed E-state index contributed by atoms with van der Waals surface area (Å²) in [6, 6.07) is 10.3. The van der Waals surface area contributed by atoms with Crippen molar-refractivity contribution >= 4 is 5.91 Å². The molecule has 0 saturated heterocycles. The van der Waals surface area contributed by atoms with E-state index in [4.69, 9.17) is 0 Å². The number of carbonyl (C=O) groups is 1. The molecule has 0 radical (unpaired) electrons. The topological polar surface area (TPSA) is 46.9 Å². The predicted octanol–water partition coefficient (Wildman–Crippen LogP) is 3.74. The van der Waals surface area contributed by atoms with E-state index in [-0.39, 0.29) is 11.3 Å². The second-order valence-corrected chi connectivity index (χ2v) is 7.24. The Labute approximate surface area is 144 Å². The molecular formula is C20H27N3O. The number of hydrogen-bond donors (Lipinski definition) is 1. The molecule has 1 amide bonds. The molecule has 24 heavy (non-hydrogen) atoms. The summed E-state index contributed by atoms with van der Waals surface area (Å²) in [5, 5.41) is 7.81. The van der Waals surface area contributed by atoms with Crippen molar-refractivity contribution in [3.8, 4) is 0 Å². The molecule has 0 spiro atoms. The van der Waals surface area contributed by atoms with Gasteiger partial charge in [0.2, 0.25) is 5.91 Å². The van der Waals surface area contributed by atoms with Gasteiger partial charge in [0.1, 0.15) is 0 Å². The number of nitrogens with one attached hydrogen (secondary N) is 1. The molecule has 4 heteroatoms. The van der Waals surface area contributed by atoms with Gasteiger partial charge in [0, 0.05) is 23.2 Å². The van der Waals surface area contributed by atoms with Gasteiger partial charge >= 0.3 is 0 Å². The first-order valence-corrected chi connectivity index (χ1v) is 8.85. The zero-order valence-electron chi connectivity index (χ0n) is 14.9. The first-order valence-electron chi connectivity index (χ1n) is 8.85. The monoisotopic (exact) mass is 325 g/mol. The predicted molar refractivity (Wildman–Crippen MR) is 95.7 cm³/mol. The number of hydrogen-bond acceptors (Lipinski definition) is 2. The third-order valence-corrected chi connectivity index (χ3v) is 5.39. The molecule has 1 saturated carbocycles. The Balaban J connectivity index is 1.69. The smallest absolute Gasteiger partial charge is 0.226 e. The summed E-state index contributed by atoms with van der Waals surface area (Å²) in [6.45, 7) is 7.53. The Morgan fingerprint density at radius 2 is 1.88 bits per heavy atom. The molecule has 128 valence electrons. The quantitative estimate of drug-likeness (QED) is 0.910. The first-order chi connectivity index (χ1) is 11.5. The summed E-state index contributed by atoms with van der Waals surface area (Å²) in [4.78, 5) is 12.5. The largest absolute Gasteiger partial charge is 0.351 e. The van der Waals surface area contributed by atoms with Crippen LogP contribution in [-0.2, 0) is 17.9 Å². The normalized spacial score (nSPS) is 16.3. The number of rotatable bonds is 5. The maximum Gasteiger partial charge on any atom is 0.226 e. The molecule has 1 fully saturated rings. The average Bonchev–Trinajstić information content (AvgIpc) is 3.12. The fourth-order valence-electron chi connectivity index (χ4n) is 3.66. The minimum atomic E-state index is -0.179. The van der Waals surface area contributed by atoms with Crippen molar-refractivity contribution in [1.82, 2.24) is 15.1 Å². The second kappa shape index (κ2) is 6.80. The van der Waals surface area contributed by atoms with Crippen molar-refractivity contribution in [2.45, 2.75) is 59.5 Å². The summed E-state index contributed by atoms with van der Waals surface area (Å²) >= 11 is 0.